The number of fused-ring (bicyclic) bond motifs is 1. The molecule has 0 saturated carbocycles. The molecule has 0 spiro atoms. The van der Waals surface area contributed by atoms with Crippen LogP contribution in [0.3, 0.4) is 0 Å². The number of imide groups is 1. The predicted molar refractivity (Wildman–Crippen MR) is 122 cm³/mol. The zero-order valence-corrected chi connectivity index (χ0v) is 18.3. The number of carbonyl (C=O) groups excluding carboxylic acids is 2. The number of hydroxylamine groups is 1. The van der Waals surface area contributed by atoms with E-state index < -0.39 is 24.0 Å². The van der Waals surface area contributed by atoms with Gasteiger partial charge >= 0.3 is 0 Å². The van der Waals surface area contributed by atoms with Crippen molar-refractivity contribution in [2.45, 2.75) is 19.1 Å². The molecule has 6 nitrogen and oxygen atoms in total. The minimum absolute atomic E-state index is 0.309. The van der Waals surface area contributed by atoms with E-state index in [0.717, 1.165) is 11.3 Å². The largest absolute Gasteiger partial charge is 0.497 e. The molecule has 5 rings (SSSR count). The molecule has 0 N–H and O–H groups in total. The minimum atomic E-state index is -0.933. The summed E-state index contributed by atoms with van der Waals surface area (Å²) in [7, 11) is 1.59. The van der Waals surface area contributed by atoms with Crippen molar-refractivity contribution in [3.63, 3.8) is 0 Å². The van der Waals surface area contributed by atoms with Crippen LogP contribution in [0.2, 0.25) is 5.02 Å². The lowest BCUT2D eigenvalue weighted by atomic mass is 9.90. The first-order valence-corrected chi connectivity index (χ1v) is 10.7. The van der Waals surface area contributed by atoms with Crippen LogP contribution in [0.1, 0.15) is 17.2 Å². The zero-order valence-electron chi connectivity index (χ0n) is 17.6. The van der Waals surface area contributed by atoms with Gasteiger partial charge in [0.2, 0.25) is 5.91 Å². The number of hydrogen-bond donors (Lipinski definition) is 0. The van der Waals surface area contributed by atoms with Crippen LogP contribution in [0.4, 0.5) is 11.4 Å². The second kappa shape index (κ2) is 7.97. The van der Waals surface area contributed by atoms with Gasteiger partial charge in [0.05, 0.1) is 24.5 Å². The Labute approximate surface area is 190 Å². The Morgan fingerprint density at radius 2 is 1.69 bits per heavy atom. The van der Waals surface area contributed by atoms with Gasteiger partial charge in [0.1, 0.15) is 11.7 Å². The van der Waals surface area contributed by atoms with Gasteiger partial charge in [-0.2, -0.15) is 0 Å². The molecule has 3 aromatic carbocycles. The standard InChI is InChI=1S/C25H21ClN2O4/c1-15-19(26)12-7-13-20(15)27-24(29)21-22(16-8-6-11-18(14-16)31-2)28(32-23(21)25(27)30)17-9-4-3-5-10-17/h3-14,21-23H,1-2H3/t21-,22+,23+/m0/s1. The third-order valence-electron chi connectivity index (χ3n) is 6.04. The van der Waals surface area contributed by atoms with Gasteiger partial charge in [-0.15, -0.1) is 0 Å². The molecule has 2 amide bonds. The fourth-order valence-corrected chi connectivity index (χ4v) is 4.62. The van der Waals surface area contributed by atoms with Crippen molar-refractivity contribution in [1.82, 2.24) is 0 Å². The summed E-state index contributed by atoms with van der Waals surface area (Å²) in [5.41, 5.74) is 2.75. The smallest absolute Gasteiger partial charge is 0.266 e. The molecule has 3 atom stereocenters. The fourth-order valence-electron chi connectivity index (χ4n) is 4.45. The van der Waals surface area contributed by atoms with Gasteiger partial charge in [-0.3, -0.25) is 14.4 Å². The lowest BCUT2D eigenvalue weighted by Gasteiger charge is -2.29. The maximum Gasteiger partial charge on any atom is 0.266 e. The zero-order chi connectivity index (χ0) is 22.4. The quantitative estimate of drug-likeness (QED) is 0.541. The van der Waals surface area contributed by atoms with Crippen LogP contribution in [0.25, 0.3) is 0 Å². The number of para-hydroxylation sites is 1. The number of ether oxygens (including phenoxy) is 1. The Balaban J connectivity index is 1.61. The van der Waals surface area contributed by atoms with Gasteiger partial charge in [0, 0.05) is 5.02 Å². The topological polar surface area (TPSA) is 59.1 Å². The number of rotatable bonds is 4. The van der Waals surface area contributed by atoms with Gasteiger partial charge in [-0.05, 0) is 54.4 Å². The van der Waals surface area contributed by atoms with Crippen molar-refractivity contribution in [3.8, 4) is 5.75 Å². The molecule has 2 aliphatic rings. The monoisotopic (exact) mass is 448 g/mol. The Hall–Kier alpha value is -3.35. The van der Waals surface area contributed by atoms with Crippen LogP contribution >= 0.6 is 11.6 Å². The summed E-state index contributed by atoms with van der Waals surface area (Å²) in [6.07, 6.45) is -0.933. The Morgan fingerprint density at radius 1 is 0.938 bits per heavy atom. The maximum atomic E-state index is 13.7. The van der Waals surface area contributed by atoms with Crippen LogP contribution in [-0.2, 0) is 14.4 Å². The maximum absolute atomic E-state index is 13.7. The number of methoxy groups -OCH3 is 1. The lowest BCUT2D eigenvalue weighted by Crippen LogP contribution is -2.37. The third-order valence-corrected chi connectivity index (χ3v) is 6.45. The van der Waals surface area contributed by atoms with Gasteiger partial charge in [0.25, 0.3) is 5.91 Å². The second-order valence-electron chi connectivity index (χ2n) is 7.83. The summed E-state index contributed by atoms with van der Waals surface area (Å²) < 4.78 is 5.40. The highest BCUT2D eigenvalue weighted by Gasteiger charge is 2.60. The Bertz CT molecular complexity index is 1200. The minimum Gasteiger partial charge on any atom is -0.497 e. The predicted octanol–water partition coefficient (Wildman–Crippen LogP) is 4.71. The molecular formula is C25H21ClN2O4. The molecular weight excluding hydrogens is 428 g/mol. The van der Waals surface area contributed by atoms with Crippen LogP contribution in [0.5, 0.6) is 5.75 Å². The van der Waals surface area contributed by atoms with Gasteiger partial charge in [-0.1, -0.05) is 48.0 Å². The van der Waals surface area contributed by atoms with Crippen LogP contribution in [0, 0.1) is 12.8 Å². The van der Waals surface area contributed by atoms with Crippen molar-refractivity contribution >= 4 is 34.8 Å². The molecule has 7 heteroatoms. The van der Waals surface area contributed by atoms with Crippen LogP contribution in [0.15, 0.2) is 72.8 Å². The third kappa shape index (κ3) is 3.15. The van der Waals surface area contributed by atoms with Crippen molar-refractivity contribution in [1.29, 1.82) is 0 Å². The molecule has 2 saturated heterocycles. The van der Waals surface area contributed by atoms with Crippen LogP contribution < -0.4 is 14.7 Å². The van der Waals surface area contributed by atoms with E-state index in [9.17, 15) is 9.59 Å². The Morgan fingerprint density at radius 3 is 2.44 bits per heavy atom. The summed E-state index contributed by atoms with van der Waals surface area (Å²) in [5, 5.41) is 2.17. The molecule has 2 heterocycles. The first-order chi connectivity index (χ1) is 15.5. The second-order valence-corrected chi connectivity index (χ2v) is 8.24. The van der Waals surface area contributed by atoms with E-state index in [0.29, 0.717) is 22.0 Å². The molecule has 3 aromatic rings. The number of benzene rings is 3. The number of nitrogens with zero attached hydrogens (tertiary/aromatic N) is 2. The molecule has 0 aliphatic carbocycles. The fraction of sp³-hybridized carbons (Fsp3) is 0.200. The van der Waals surface area contributed by atoms with E-state index in [-0.39, 0.29) is 5.91 Å². The SMILES string of the molecule is COc1cccc([C@@H]2[C@@H]3C(=O)N(c4cccc(Cl)c4C)C(=O)[C@@H]3ON2c2ccccc2)c1. The summed E-state index contributed by atoms with van der Waals surface area (Å²) >= 11 is 6.27. The molecule has 2 fully saturated rings. The summed E-state index contributed by atoms with van der Waals surface area (Å²) in [4.78, 5) is 34.5. The molecule has 162 valence electrons. The molecule has 2 aliphatic heterocycles. The average molecular weight is 449 g/mol. The van der Waals surface area contributed by atoms with Gasteiger partial charge in [-0.25, -0.2) is 9.96 Å². The normalized spacial score (nSPS) is 22.4. The highest BCUT2D eigenvalue weighted by atomic mass is 35.5. The number of hydrogen-bond acceptors (Lipinski definition) is 5. The van der Waals surface area contributed by atoms with E-state index in [1.165, 1.54) is 4.90 Å². The first-order valence-electron chi connectivity index (χ1n) is 10.3. The molecule has 0 unspecified atom stereocenters. The van der Waals surface area contributed by atoms with Crippen molar-refractivity contribution < 1.29 is 19.2 Å². The van der Waals surface area contributed by atoms with E-state index in [1.54, 1.807) is 37.3 Å². The molecule has 0 radical (unpaired) electrons. The van der Waals surface area contributed by atoms with Crippen molar-refractivity contribution in [2.75, 3.05) is 17.1 Å². The average Bonchev–Trinajstić information content (AvgIpc) is 3.33. The van der Waals surface area contributed by atoms with Gasteiger partial charge < -0.3 is 4.74 Å². The summed E-state index contributed by atoms with van der Waals surface area (Å²) in [5.74, 6) is -0.750. The highest BCUT2D eigenvalue weighted by Crippen LogP contribution is 2.48. The summed E-state index contributed by atoms with van der Waals surface area (Å²) in [6.45, 7) is 1.79. The number of halogens is 1. The highest BCUT2D eigenvalue weighted by molar-refractivity contribution is 6.32. The molecule has 0 bridgehead atoms. The lowest BCUT2D eigenvalue weighted by molar-refractivity contribution is -0.126. The van der Waals surface area contributed by atoms with Crippen LogP contribution in [-0.4, -0.2) is 25.0 Å². The molecule has 0 aromatic heterocycles. The van der Waals surface area contributed by atoms with E-state index in [4.69, 9.17) is 21.2 Å². The van der Waals surface area contributed by atoms with Crippen molar-refractivity contribution in [2.24, 2.45) is 5.92 Å². The van der Waals surface area contributed by atoms with E-state index in [2.05, 4.69) is 0 Å². The summed E-state index contributed by atoms with van der Waals surface area (Å²) in [6, 6.07) is 21.7. The molecule has 32 heavy (non-hydrogen) atoms. The van der Waals surface area contributed by atoms with Crippen molar-refractivity contribution in [3.05, 3.63) is 88.9 Å². The number of anilines is 2. The number of carbonyl (C=O) groups is 2. The number of amides is 2. The first kappa shape index (κ1) is 20.5. The Kier molecular flexibility index (Phi) is 5.12. The van der Waals surface area contributed by atoms with E-state index >= 15 is 0 Å². The van der Waals surface area contributed by atoms with Gasteiger partial charge in [0.15, 0.2) is 6.10 Å². The van der Waals surface area contributed by atoms with E-state index in [1.807, 2.05) is 54.6 Å².